The summed E-state index contributed by atoms with van der Waals surface area (Å²) < 4.78 is 44.8. The van der Waals surface area contributed by atoms with Gasteiger partial charge in [0, 0.05) is 38.2 Å². The molecular weight excluding hydrogens is 692 g/mol. The van der Waals surface area contributed by atoms with Crippen LogP contribution in [-0.4, -0.2) is 108 Å². The van der Waals surface area contributed by atoms with Crippen molar-refractivity contribution in [1.82, 2.24) is 0 Å². The number of allylic oxidation sites excluding steroid dienone is 2. The van der Waals surface area contributed by atoms with Gasteiger partial charge in [0.05, 0.1) is 37.1 Å². The van der Waals surface area contributed by atoms with Gasteiger partial charge < -0.3 is 48.5 Å². The van der Waals surface area contributed by atoms with Gasteiger partial charge in [-0.05, 0) is 68.7 Å². The van der Waals surface area contributed by atoms with Gasteiger partial charge >= 0.3 is 5.97 Å². The number of rotatable bonds is 4. The van der Waals surface area contributed by atoms with Crippen LogP contribution in [-0.2, 0) is 38.0 Å². The molecule has 4 fully saturated rings. The Balaban J connectivity index is 1.24. The van der Waals surface area contributed by atoms with E-state index in [1.165, 1.54) is 19.3 Å². The zero-order chi connectivity index (χ0) is 38.4. The van der Waals surface area contributed by atoms with Crippen LogP contribution in [0.15, 0.2) is 59.3 Å². The molecule has 0 radical (unpaired) electrons. The lowest BCUT2D eigenvalue weighted by Crippen LogP contribution is -2.58. The number of ether oxygens (including phenoxy) is 7. The van der Waals surface area contributed by atoms with Gasteiger partial charge in [0.1, 0.15) is 35.9 Å². The summed E-state index contributed by atoms with van der Waals surface area (Å²) in [4.78, 5) is 14.3. The SMILES string of the molecule is CO[C@H]1C[C@H](O[C@@H]2/C(C)=C\C[C@@H]3C[C@@H](C[C@]4(C=C[C@H](C)[C@@H](C5CCCCC5)O4)O3)OC(=O)[C@@H]3C=C(C)[C@@H](O)[C@H]4OCC(=CC=C[C@@H]2C)[C@]43O)O[C@@H](C)[C@@H]1O. The summed E-state index contributed by atoms with van der Waals surface area (Å²) in [5.74, 6) is -2.20. The second-order valence-electron chi connectivity index (χ2n) is 17.1. The fourth-order valence-electron chi connectivity index (χ4n) is 9.99. The van der Waals surface area contributed by atoms with Crippen molar-refractivity contribution < 1.29 is 53.3 Å². The van der Waals surface area contributed by atoms with Crippen LogP contribution in [0.1, 0.15) is 92.4 Å². The van der Waals surface area contributed by atoms with Gasteiger partial charge in [-0.25, -0.2) is 0 Å². The number of carbonyl (C=O) groups is 1. The summed E-state index contributed by atoms with van der Waals surface area (Å²) in [6.45, 7) is 9.92. The minimum atomic E-state index is -1.81. The summed E-state index contributed by atoms with van der Waals surface area (Å²) in [5, 5.41) is 34.2. The van der Waals surface area contributed by atoms with E-state index in [0.29, 0.717) is 42.7 Å². The molecule has 7 rings (SSSR count). The van der Waals surface area contributed by atoms with Crippen molar-refractivity contribution in [2.45, 2.75) is 165 Å². The standard InChI is InChI=1S/C43H62O11/c1-24-11-10-14-30-23-49-40-36(44)27(4)19-33(43(30,40)47)41(46)51-32-20-31(16-15-25(2)38(24)52-35-21-34(48-6)37(45)28(5)50-35)53-42(22-32)18-17-26(3)39(54-42)29-12-8-7-9-13-29/h10-11,14-15,17-19,24,26,28-29,31-40,44-45,47H,7-9,12-13,16,20-23H2,1-6H3/b11-10?,25-15-,30-14?/t24-,26-,28-,31+,32-,33-,34-,35-,36+,37-,38-,39-,40+,42+,43+/m0/s1. The normalized spacial score (nSPS) is 47.3. The molecule has 1 saturated carbocycles. The molecule has 0 unspecified atom stereocenters. The third kappa shape index (κ3) is 7.87. The Kier molecular flexibility index (Phi) is 12.1. The lowest BCUT2D eigenvalue weighted by molar-refractivity contribution is -0.301. The number of carbonyl (C=O) groups excluding carboxylic acids is 1. The van der Waals surface area contributed by atoms with Crippen molar-refractivity contribution in [1.29, 1.82) is 0 Å². The van der Waals surface area contributed by atoms with Crippen LogP contribution in [0.4, 0.5) is 0 Å². The van der Waals surface area contributed by atoms with Crippen molar-refractivity contribution in [3.63, 3.8) is 0 Å². The Hall–Kier alpha value is -2.19. The molecule has 0 aromatic carbocycles. The van der Waals surface area contributed by atoms with E-state index in [4.69, 9.17) is 33.2 Å². The maximum Gasteiger partial charge on any atom is 0.316 e. The average Bonchev–Trinajstić information content (AvgIpc) is 3.49. The highest BCUT2D eigenvalue weighted by Crippen LogP contribution is 2.47. The van der Waals surface area contributed by atoms with Crippen molar-refractivity contribution >= 4 is 5.97 Å². The Labute approximate surface area is 320 Å². The van der Waals surface area contributed by atoms with Crippen LogP contribution in [0.3, 0.4) is 0 Å². The van der Waals surface area contributed by atoms with Gasteiger partial charge in [0.2, 0.25) is 0 Å². The number of methoxy groups -OCH3 is 1. The average molecular weight is 755 g/mol. The predicted octanol–water partition coefficient (Wildman–Crippen LogP) is 5.38. The van der Waals surface area contributed by atoms with Crippen molar-refractivity contribution in [3.8, 4) is 0 Å². The summed E-state index contributed by atoms with van der Waals surface area (Å²) in [7, 11) is 1.59. The van der Waals surface area contributed by atoms with Gasteiger partial charge in [-0.1, -0.05) is 69.6 Å². The van der Waals surface area contributed by atoms with E-state index in [1.807, 2.05) is 32.1 Å². The molecule has 3 saturated heterocycles. The van der Waals surface area contributed by atoms with Crippen molar-refractivity contribution in [3.05, 3.63) is 59.3 Å². The molecule has 5 heterocycles. The first kappa shape index (κ1) is 40.0. The first-order valence-corrected chi connectivity index (χ1v) is 20.3. The van der Waals surface area contributed by atoms with Crippen LogP contribution in [0.25, 0.3) is 0 Å². The molecule has 11 nitrogen and oxygen atoms in total. The van der Waals surface area contributed by atoms with E-state index >= 15 is 0 Å². The third-order valence-corrected chi connectivity index (χ3v) is 13.2. The number of hydrogen-bond donors (Lipinski definition) is 3. The van der Waals surface area contributed by atoms with Crippen LogP contribution < -0.4 is 0 Å². The summed E-state index contributed by atoms with van der Waals surface area (Å²) >= 11 is 0. The number of esters is 1. The highest BCUT2D eigenvalue weighted by molar-refractivity contribution is 5.78. The van der Waals surface area contributed by atoms with Gasteiger partial charge in [-0.2, -0.15) is 0 Å². The Morgan fingerprint density at radius 3 is 2.48 bits per heavy atom. The van der Waals surface area contributed by atoms with E-state index in [1.54, 1.807) is 26.2 Å². The molecule has 15 atom stereocenters. The zero-order valence-corrected chi connectivity index (χ0v) is 32.8. The monoisotopic (exact) mass is 754 g/mol. The molecule has 1 spiro atoms. The van der Waals surface area contributed by atoms with E-state index < -0.39 is 72.3 Å². The number of fused-ring (bicyclic) bond motifs is 2. The number of aliphatic hydroxyl groups excluding tert-OH is 2. The molecule has 300 valence electrons. The molecule has 54 heavy (non-hydrogen) atoms. The maximum atomic E-state index is 14.3. The second kappa shape index (κ2) is 16.3. The van der Waals surface area contributed by atoms with E-state index in [0.717, 1.165) is 18.4 Å². The minimum absolute atomic E-state index is 0.00602. The van der Waals surface area contributed by atoms with Crippen molar-refractivity contribution in [2.24, 2.45) is 23.7 Å². The summed E-state index contributed by atoms with van der Waals surface area (Å²) in [5.41, 5.74) is 0.217. The number of hydrogen-bond acceptors (Lipinski definition) is 11. The molecule has 0 aromatic heterocycles. The molecule has 0 amide bonds. The van der Waals surface area contributed by atoms with Crippen LogP contribution in [0.2, 0.25) is 0 Å². The first-order chi connectivity index (χ1) is 25.8. The van der Waals surface area contributed by atoms with Crippen molar-refractivity contribution in [2.75, 3.05) is 13.7 Å². The van der Waals surface area contributed by atoms with Gasteiger partial charge in [-0.3, -0.25) is 4.79 Å². The summed E-state index contributed by atoms with van der Waals surface area (Å²) in [6.07, 6.45) is 15.5. The fourth-order valence-corrected chi connectivity index (χ4v) is 9.99. The molecular formula is C43H62O11. The van der Waals surface area contributed by atoms with Crippen LogP contribution in [0.5, 0.6) is 0 Å². The predicted molar refractivity (Wildman–Crippen MR) is 200 cm³/mol. The lowest BCUT2D eigenvalue weighted by atomic mass is 9.71. The van der Waals surface area contributed by atoms with E-state index in [2.05, 4.69) is 26.0 Å². The largest absolute Gasteiger partial charge is 0.462 e. The highest BCUT2D eigenvalue weighted by atomic mass is 16.7. The molecule has 2 aliphatic carbocycles. The van der Waals surface area contributed by atoms with E-state index in [-0.39, 0.29) is 30.7 Å². The second-order valence-corrected chi connectivity index (χ2v) is 17.1. The molecule has 11 heteroatoms. The molecule has 5 aliphatic heterocycles. The molecule has 3 N–H and O–H groups in total. The summed E-state index contributed by atoms with van der Waals surface area (Å²) in [6, 6.07) is 0. The van der Waals surface area contributed by atoms with Gasteiger partial charge in [-0.15, -0.1) is 0 Å². The Morgan fingerprint density at radius 1 is 0.944 bits per heavy atom. The van der Waals surface area contributed by atoms with Crippen LogP contribution in [0, 0.1) is 23.7 Å². The van der Waals surface area contributed by atoms with Gasteiger partial charge in [0.25, 0.3) is 0 Å². The maximum absolute atomic E-state index is 14.3. The molecule has 2 bridgehead atoms. The quantitative estimate of drug-likeness (QED) is 0.252. The fraction of sp³-hybridized carbons (Fsp3) is 0.744. The van der Waals surface area contributed by atoms with Gasteiger partial charge in [0.15, 0.2) is 12.1 Å². The smallest absolute Gasteiger partial charge is 0.316 e. The third-order valence-electron chi connectivity index (χ3n) is 13.2. The first-order valence-electron chi connectivity index (χ1n) is 20.3. The minimum Gasteiger partial charge on any atom is -0.462 e. The lowest BCUT2D eigenvalue weighted by Gasteiger charge is -2.49. The molecule has 0 aromatic rings. The van der Waals surface area contributed by atoms with E-state index in [9.17, 15) is 20.1 Å². The topological polar surface area (TPSA) is 142 Å². The van der Waals surface area contributed by atoms with Crippen LogP contribution >= 0.6 is 0 Å². The molecule has 7 aliphatic rings. The Morgan fingerprint density at radius 2 is 1.72 bits per heavy atom. The highest BCUT2D eigenvalue weighted by Gasteiger charge is 2.60. The zero-order valence-electron chi connectivity index (χ0n) is 32.8. The number of aliphatic hydroxyl groups is 3. The Bertz CT molecular complexity index is 1510.